The Bertz CT molecular complexity index is 1920. The van der Waals surface area contributed by atoms with Gasteiger partial charge in [0.1, 0.15) is 24.8 Å². The van der Waals surface area contributed by atoms with E-state index in [0.717, 1.165) is 34.9 Å². The van der Waals surface area contributed by atoms with Crippen molar-refractivity contribution in [2.75, 3.05) is 13.3 Å². The second-order valence-electron chi connectivity index (χ2n) is 12.8. The maximum atomic E-state index is 15.3. The highest BCUT2D eigenvalue weighted by Gasteiger charge is 2.45. The summed E-state index contributed by atoms with van der Waals surface area (Å²) in [5.74, 6) is -2.04. The Kier molecular flexibility index (Phi) is 7.81. The molecular weight excluding hydrogens is 609 g/mol. The van der Waals surface area contributed by atoms with E-state index in [-0.39, 0.29) is 49.7 Å². The zero-order chi connectivity index (χ0) is 33.0. The van der Waals surface area contributed by atoms with Crippen molar-refractivity contribution < 1.29 is 33.0 Å². The second kappa shape index (κ2) is 11.9. The number of cyclic esters (lactones) is 1. The van der Waals surface area contributed by atoms with Gasteiger partial charge in [-0.25, -0.2) is 9.37 Å². The number of esters is 1. The molecule has 0 radical (unpaired) electrons. The van der Waals surface area contributed by atoms with Crippen molar-refractivity contribution in [1.82, 2.24) is 25.5 Å². The molecule has 0 spiro atoms. The van der Waals surface area contributed by atoms with Crippen molar-refractivity contribution in [1.29, 1.82) is 0 Å². The summed E-state index contributed by atoms with van der Waals surface area (Å²) in [6.45, 7) is 3.34. The molecule has 0 saturated heterocycles. The summed E-state index contributed by atoms with van der Waals surface area (Å²) in [4.78, 5) is 68.0. The minimum absolute atomic E-state index is 0.0915. The predicted molar refractivity (Wildman–Crippen MR) is 167 cm³/mol. The van der Waals surface area contributed by atoms with Crippen LogP contribution in [0.15, 0.2) is 16.9 Å². The van der Waals surface area contributed by atoms with Crippen LogP contribution in [0.25, 0.3) is 22.3 Å². The number of carbonyl (C=O) groups is 4. The zero-order valence-corrected chi connectivity index (χ0v) is 26.3. The van der Waals surface area contributed by atoms with Gasteiger partial charge in [0, 0.05) is 17.0 Å². The van der Waals surface area contributed by atoms with Crippen molar-refractivity contribution in [3.8, 4) is 11.4 Å². The lowest BCUT2D eigenvalue weighted by atomic mass is 9.81. The van der Waals surface area contributed by atoms with Gasteiger partial charge in [-0.2, -0.15) is 0 Å². The minimum Gasteiger partial charge on any atom is -0.460 e. The van der Waals surface area contributed by atoms with Crippen LogP contribution in [0.5, 0.6) is 0 Å². The molecule has 2 aromatic heterocycles. The molecule has 0 bridgehead atoms. The Morgan fingerprint density at radius 2 is 1.98 bits per heavy atom. The maximum absolute atomic E-state index is 15.3. The van der Waals surface area contributed by atoms with Crippen molar-refractivity contribution in [3.63, 3.8) is 0 Å². The Hall–Kier alpha value is -4.65. The number of benzene rings is 1. The molecule has 2 atom stereocenters. The summed E-state index contributed by atoms with van der Waals surface area (Å²) >= 11 is 0. The highest BCUT2D eigenvalue weighted by atomic mass is 19.1. The molecule has 3 aromatic rings. The molecule has 4 heterocycles. The van der Waals surface area contributed by atoms with Crippen molar-refractivity contribution in [2.24, 2.45) is 0 Å². The number of fused-ring (bicyclic) bond motifs is 5. The third kappa shape index (κ3) is 4.98. The van der Waals surface area contributed by atoms with E-state index in [4.69, 9.17) is 14.5 Å². The van der Waals surface area contributed by atoms with Crippen LogP contribution < -0.4 is 21.5 Å². The molecule has 1 saturated carbocycles. The van der Waals surface area contributed by atoms with E-state index in [1.54, 1.807) is 11.5 Å². The van der Waals surface area contributed by atoms with Gasteiger partial charge < -0.3 is 30.0 Å². The van der Waals surface area contributed by atoms with Gasteiger partial charge in [0.15, 0.2) is 0 Å². The molecular formula is C34H36FN5O7. The number of rotatable bonds is 9. The standard InChI is InChI=1S/C34H36FN5O7/c1-3-18-20-10-26-30-21(13-40(26)31(43)22(20)14-46-32(18)44)29-24(7-6-19-17(2)23(35)11-25(38-30)28(19)29)39-33(45)34(8-4-5-9-34)47-16-37-27(42)12-36-15-41/h10-11,15,18,24H,3-9,12-14,16H2,1-2H3,(H,36,41)(H,37,42)(H,39,45)/t18-,24+/m1/s1. The van der Waals surface area contributed by atoms with Gasteiger partial charge in [-0.15, -0.1) is 0 Å². The Morgan fingerprint density at radius 3 is 2.72 bits per heavy atom. The van der Waals surface area contributed by atoms with Crippen LogP contribution >= 0.6 is 0 Å². The Labute approximate surface area is 269 Å². The highest BCUT2D eigenvalue weighted by molar-refractivity contribution is 5.94. The van der Waals surface area contributed by atoms with E-state index >= 15 is 4.39 Å². The first-order chi connectivity index (χ1) is 22.7. The number of aromatic nitrogens is 2. The lowest BCUT2D eigenvalue weighted by Gasteiger charge is -2.34. The van der Waals surface area contributed by atoms with E-state index in [1.165, 1.54) is 6.07 Å². The molecule has 1 fully saturated rings. The smallest absolute Gasteiger partial charge is 0.313 e. The number of ether oxygens (including phenoxy) is 2. The molecule has 13 heteroatoms. The van der Waals surface area contributed by atoms with Gasteiger partial charge in [0.05, 0.1) is 47.5 Å². The SMILES string of the molecule is CC[C@H]1C(=O)OCc2c1cc1n(c2=O)Cc2c-1nc1cc(F)c(C)c3c1c2[C@@H](NC(=O)C1(OCNC(=O)CNC=O)CCCC1)CC3. The number of aryl methyl sites for hydroxylation is 1. The van der Waals surface area contributed by atoms with E-state index in [1.807, 2.05) is 13.0 Å². The van der Waals surface area contributed by atoms with Crippen LogP contribution in [0.1, 0.15) is 90.8 Å². The highest BCUT2D eigenvalue weighted by Crippen LogP contribution is 2.46. The number of hydrogen-bond donors (Lipinski definition) is 3. The van der Waals surface area contributed by atoms with Crippen LogP contribution in [0, 0.1) is 12.7 Å². The van der Waals surface area contributed by atoms with Gasteiger partial charge in [0.2, 0.25) is 12.3 Å². The van der Waals surface area contributed by atoms with Crippen molar-refractivity contribution in [3.05, 3.63) is 61.7 Å². The van der Waals surface area contributed by atoms with Gasteiger partial charge in [0.25, 0.3) is 11.5 Å². The predicted octanol–water partition coefficient (Wildman–Crippen LogP) is 2.68. The summed E-state index contributed by atoms with van der Waals surface area (Å²) in [7, 11) is 0. The quantitative estimate of drug-likeness (QED) is 0.143. The number of hydrogen-bond acceptors (Lipinski definition) is 8. The fraction of sp³-hybridized carbons (Fsp3) is 0.471. The number of nitrogens with zero attached hydrogens (tertiary/aromatic N) is 2. The van der Waals surface area contributed by atoms with Gasteiger partial charge in [-0.05, 0) is 80.2 Å². The molecule has 4 aliphatic rings. The molecule has 2 aliphatic carbocycles. The summed E-state index contributed by atoms with van der Waals surface area (Å²) in [5.41, 5.74) is 4.19. The summed E-state index contributed by atoms with van der Waals surface area (Å²) in [6.07, 6.45) is 4.44. The molecule has 0 unspecified atom stereocenters. The molecule has 47 heavy (non-hydrogen) atoms. The first kappa shape index (κ1) is 31.0. The topological polar surface area (TPSA) is 158 Å². The molecule has 2 aliphatic heterocycles. The van der Waals surface area contributed by atoms with Gasteiger partial charge in [-0.1, -0.05) is 6.92 Å². The first-order valence-electron chi connectivity index (χ1n) is 16.1. The average molecular weight is 646 g/mol. The van der Waals surface area contributed by atoms with Gasteiger partial charge >= 0.3 is 5.97 Å². The third-order valence-electron chi connectivity index (χ3n) is 10.3. The Balaban J connectivity index is 1.29. The fourth-order valence-corrected chi connectivity index (χ4v) is 7.85. The van der Waals surface area contributed by atoms with Crippen LogP contribution in [-0.2, 0) is 48.2 Å². The van der Waals surface area contributed by atoms with E-state index in [0.29, 0.717) is 72.1 Å². The van der Waals surface area contributed by atoms with Crippen LogP contribution in [0.4, 0.5) is 4.39 Å². The van der Waals surface area contributed by atoms with Crippen molar-refractivity contribution in [2.45, 2.75) is 89.5 Å². The molecule has 246 valence electrons. The fourth-order valence-electron chi connectivity index (χ4n) is 7.85. The third-order valence-corrected chi connectivity index (χ3v) is 10.3. The molecule has 3 amide bonds. The first-order valence-corrected chi connectivity index (χ1v) is 16.1. The zero-order valence-electron chi connectivity index (χ0n) is 26.3. The average Bonchev–Trinajstić information content (AvgIpc) is 3.69. The summed E-state index contributed by atoms with van der Waals surface area (Å²) in [5, 5.41) is 8.91. The number of pyridine rings is 2. The number of halogens is 1. The molecule has 7 rings (SSSR count). The molecule has 3 N–H and O–H groups in total. The largest absolute Gasteiger partial charge is 0.460 e. The minimum atomic E-state index is -1.15. The number of amides is 3. The van der Waals surface area contributed by atoms with Crippen LogP contribution in [-0.4, -0.2) is 52.6 Å². The van der Waals surface area contributed by atoms with Crippen LogP contribution in [0.3, 0.4) is 0 Å². The number of carbonyl (C=O) groups excluding carboxylic acids is 4. The summed E-state index contributed by atoms with van der Waals surface area (Å²) < 4.78 is 28.3. The Morgan fingerprint density at radius 1 is 1.19 bits per heavy atom. The number of nitrogens with one attached hydrogen (secondary N) is 3. The second-order valence-corrected chi connectivity index (χ2v) is 12.8. The maximum Gasteiger partial charge on any atom is 0.313 e. The molecule has 12 nitrogen and oxygen atoms in total. The van der Waals surface area contributed by atoms with Crippen LogP contribution in [0.2, 0.25) is 0 Å². The van der Waals surface area contributed by atoms with Gasteiger partial charge in [-0.3, -0.25) is 24.0 Å². The monoisotopic (exact) mass is 645 g/mol. The normalized spacial score (nSPS) is 20.2. The lowest BCUT2D eigenvalue weighted by molar-refractivity contribution is -0.150. The van der Waals surface area contributed by atoms with Crippen molar-refractivity contribution >= 4 is 35.1 Å². The lowest BCUT2D eigenvalue weighted by Crippen LogP contribution is -2.50. The molecule has 1 aromatic carbocycles. The van der Waals surface area contributed by atoms with E-state index in [9.17, 15) is 24.0 Å². The summed E-state index contributed by atoms with van der Waals surface area (Å²) in [6, 6.07) is 2.79. The van der Waals surface area contributed by atoms with E-state index < -0.39 is 23.5 Å². The van der Waals surface area contributed by atoms with E-state index in [2.05, 4.69) is 16.0 Å².